The van der Waals surface area contributed by atoms with Gasteiger partial charge in [0, 0.05) is 137 Å². The van der Waals surface area contributed by atoms with Gasteiger partial charge in [0.2, 0.25) is 0 Å². The average molecular weight is 2130 g/mol. The number of fused-ring (bicyclic) bond motifs is 4. The molecule has 0 unspecified atom stereocenters. The van der Waals surface area contributed by atoms with Crippen molar-refractivity contribution in [1.29, 1.82) is 0 Å². The molecule has 8 saturated carbocycles. The number of thioether (sulfide) groups is 4. The van der Waals surface area contributed by atoms with Crippen LogP contribution in [0.1, 0.15) is 270 Å². The Hall–Kier alpha value is -9.52. The van der Waals surface area contributed by atoms with Gasteiger partial charge in [-0.05, 0) is 148 Å². The van der Waals surface area contributed by atoms with Crippen LogP contribution in [0, 0.1) is 51.0 Å². The molecule has 144 heavy (non-hydrogen) atoms. The molecular formula is C96H124F4N24O16S4. The predicted molar refractivity (Wildman–Crippen MR) is 530 cm³/mol. The maximum atomic E-state index is 14.5. The Balaban J connectivity index is 0.000000171. The van der Waals surface area contributed by atoms with E-state index in [1.807, 2.05) is 0 Å². The van der Waals surface area contributed by atoms with Crippen molar-refractivity contribution in [2.45, 2.75) is 297 Å². The molecule has 0 spiro atoms. The highest BCUT2D eigenvalue weighted by Crippen LogP contribution is 2.50. The number of benzene rings is 4. The molecule has 776 valence electrons. The minimum atomic E-state index is -4.38. The van der Waals surface area contributed by atoms with Crippen LogP contribution in [0.25, 0.3) is 44.7 Å². The third-order valence-electron chi connectivity index (χ3n) is 20.8. The number of nitrogens with one attached hydrogen (secondary N) is 4. The number of aromatic nitrogens is 20. The fourth-order valence-electron chi connectivity index (χ4n) is 13.5. The molecule has 8 fully saturated rings. The van der Waals surface area contributed by atoms with E-state index in [2.05, 4.69) is 112 Å². The third-order valence-corrected chi connectivity index (χ3v) is 23.9. The van der Waals surface area contributed by atoms with Crippen LogP contribution >= 0.6 is 47.0 Å². The number of rotatable bonds is 40. The molecule has 40 nitrogen and oxygen atoms in total. The van der Waals surface area contributed by atoms with Crippen molar-refractivity contribution >= 4 is 115 Å². The Kier molecular flexibility index (Phi) is 18.8. The molecule has 0 amide bonds. The largest absolute Gasteiger partial charge is 0.394 e. The van der Waals surface area contributed by atoms with Crippen molar-refractivity contribution in [3.63, 3.8) is 0 Å². The highest BCUT2D eigenvalue weighted by atomic mass is 32.2. The van der Waals surface area contributed by atoms with Crippen LogP contribution in [-0.2, 0) is 18.9 Å². The summed E-state index contributed by atoms with van der Waals surface area (Å²) in [6, 6.07) is -6.50. The summed E-state index contributed by atoms with van der Waals surface area (Å²) in [4.78, 5) is 33.0. The molecule has 0 radical (unpaired) electrons. The van der Waals surface area contributed by atoms with E-state index in [4.69, 9.17) is 83.5 Å². The van der Waals surface area contributed by atoms with Gasteiger partial charge < -0.3 is 101 Å². The summed E-state index contributed by atoms with van der Waals surface area (Å²) in [6.07, 6.45) is -77.3. The molecule has 0 bridgehead atoms. The van der Waals surface area contributed by atoms with Crippen LogP contribution in [-0.4, -0.2) is 334 Å². The number of nitrogens with zero attached hydrogens (tertiary/aromatic N) is 20. The summed E-state index contributed by atoms with van der Waals surface area (Å²) in [6.45, 7) is -8.26. The fraction of sp³-hybridized carbons (Fsp3) is 0.583. The summed E-state index contributed by atoms with van der Waals surface area (Å²) < 4.78 is 530. The topological polar surface area (TPSA) is 554 Å². The lowest BCUT2D eigenvalue weighted by Gasteiger charge is -2.17. The van der Waals surface area contributed by atoms with E-state index in [-0.39, 0.29) is 94.3 Å². The van der Waals surface area contributed by atoms with Crippen molar-refractivity contribution in [2.75, 3.05) is 96.8 Å². The maximum Gasteiger partial charge on any atom is 0.191 e. The molecule has 24 atom stereocenters. The second-order valence-corrected chi connectivity index (χ2v) is 33.9. The minimum Gasteiger partial charge on any atom is -0.394 e. The molecule has 8 aromatic heterocycles. The summed E-state index contributed by atoms with van der Waals surface area (Å²) in [5, 5.41) is 165. The van der Waals surface area contributed by atoms with Gasteiger partial charge in [-0.1, -0.05) is 144 Å². The Morgan fingerprint density at radius 1 is 0.354 bits per heavy atom. The first-order valence-corrected chi connectivity index (χ1v) is 46.0. The van der Waals surface area contributed by atoms with Gasteiger partial charge in [0.25, 0.3) is 0 Å². The maximum absolute atomic E-state index is 14.5. The van der Waals surface area contributed by atoms with Crippen molar-refractivity contribution in [3.05, 3.63) is 141 Å². The van der Waals surface area contributed by atoms with E-state index in [9.17, 15) is 78.8 Å². The zero-order valence-corrected chi connectivity index (χ0v) is 79.0. The van der Waals surface area contributed by atoms with Crippen molar-refractivity contribution in [2.24, 2.45) is 0 Å². The Bertz CT molecular complexity index is 9440. The summed E-state index contributed by atoms with van der Waals surface area (Å²) in [5.41, 5.74) is -13.6. The molecular weight excluding hydrogens is 1950 g/mol. The van der Waals surface area contributed by atoms with E-state index < -0.39 is 389 Å². The number of aliphatic hydroxyl groups excluding tert-OH is 2. The van der Waals surface area contributed by atoms with Crippen LogP contribution in [0.15, 0.2) is 93.4 Å². The number of anilines is 4. The standard InChI is InChI=1S/4C24H31FN6O4S/c4*1-3-8-36-24-27-22(26-16-10-14(16)13-5-4-12(2)15(25)9-13)19-23(28-24)31(30-29-19)17-11-18(35-7-6-32)21(34)20(17)33/h4*4-5,9,14,16-18,20-21,32-34H,3,6-8,10-11H2,1-2H3,(H,26,27,28)/t4*14-,16+,17+,18-,20-,21+/m0000/s1/i6D2,7D2,8D2,10D2,11D2,14D,17D,18D,20D,21D;7D2,8D2,10D2,11D2,14D,17D,18D,20D,21D;6D2,8D2,10D2,11D2,14D,17D,18D,20D,21D;3D2,8D2,10D2,11D2,14D,17D,18D,20D,21D. The molecule has 16 N–H and O–H groups in total. The highest BCUT2D eigenvalue weighted by Gasteiger charge is 2.51. The molecule has 20 rings (SSSR count). The number of aliphatic hydroxyl groups is 12. The Morgan fingerprint density at radius 3 is 0.875 bits per heavy atom. The number of halogens is 4. The summed E-state index contributed by atoms with van der Waals surface area (Å²) in [5.74, 6) is -13.2. The zero-order valence-electron chi connectivity index (χ0n) is 130. The molecule has 8 heterocycles. The predicted octanol–water partition coefficient (Wildman–Crippen LogP) is 8.73. The van der Waals surface area contributed by atoms with Gasteiger partial charge in [0.05, 0.1) is 134 Å². The SMILES string of the molecule is [2H]C([2H])(C)C([2H])([2H])Sc1nc(N[C@@H]2C([2H])([2H])[C@@]2([2H])c2ccc(C)c(F)c2)c2nnn([C@]3([2H])C([2H])([2H])[C@]([2H])(OCCO)[C@@]([2H])(O)[C@@]3([2H])O)c2n1.[2H]C([2H])(CC)Sc1nc(N[C@@H]2C([2H])([2H])[C@@]2([2H])c2ccc(C)c(F)c2)c2nnn([C@]3([2H])C([2H])([2H])[C@]([2H])(OC([2H])([2H])C([2H])([2H])O)[C@@]([2H])(O)[C@@]3([2H])O)c2n1.[2H]C([2H])(CO)O[C@@]1([2H])C([2H])([2H])[C@@]([2H])(n2nnc3c(N[C@@H]4C([2H])([2H])[C@@]4([2H])c4ccc(C)c(F)c4)nc(SC([2H])([2H])CC)nc32)[C@]([2H])(O)[C@]1([2H])O.[2H]C([2H])(O)CO[C@@]1([2H])C([2H])([2H])[C@@]([2H])(n2nnc3c(N[C@@H]4C([2H])([2H])[C@@]4([2H])c4ccc(C)c(F)c4)nc(SC([2H])([2H])CC)nc32)[C@]([2H])(O)[C@]1([2H])O. The lowest BCUT2D eigenvalue weighted by atomic mass is 10.1. The molecule has 8 aliphatic carbocycles. The molecule has 4 aromatic carbocycles. The smallest absolute Gasteiger partial charge is 0.191 e. The van der Waals surface area contributed by atoms with Crippen LogP contribution in [0.3, 0.4) is 0 Å². The van der Waals surface area contributed by atoms with Crippen LogP contribution in [0.5, 0.6) is 0 Å². The Morgan fingerprint density at radius 2 is 0.625 bits per heavy atom. The van der Waals surface area contributed by atoms with E-state index >= 15 is 0 Å². The van der Waals surface area contributed by atoms with Crippen molar-refractivity contribution in [3.8, 4) is 0 Å². The molecule has 12 aromatic rings. The summed E-state index contributed by atoms with van der Waals surface area (Å²) >= 11 is 1.28. The van der Waals surface area contributed by atoms with E-state index in [1.165, 1.54) is 97.0 Å². The second-order valence-electron chi connectivity index (χ2n) is 30.5. The van der Waals surface area contributed by atoms with Gasteiger partial charge in [0.15, 0.2) is 88.6 Å². The van der Waals surface area contributed by atoms with Gasteiger partial charge in [-0.25, -0.2) is 76.2 Å². The number of hydrogen-bond donors (Lipinski definition) is 16. The molecule has 48 heteroatoms. The van der Waals surface area contributed by atoms with Crippen molar-refractivity contribution in [1.82, 2.24) is 99.8 Å². The third kappa shape index (κ3) is 23.8. The molecule has 0 aliphatic heterocycles. The summed E-state index contributed by atoms with van der Waals surface area (Å²) in [7, 11) is 0. The quantitative estimate of drug-likeness (QED) is 0.00969. The lowest BCUT2D eigenvalue weighted by molar-refractivity contribution is -0.0629. The monoisotopic (exact) mass is 2130 g/mol. The van der Waals surface area contributed by atoms with Crippen LogP contribution in [0.2, 0.25) is 0 Å². The van der Waals surface area contributed by atoms with E-state index in [0.29, 0.717) is 35.3 Å². The Labute approximate surface area is 919 Å². The van der Waals surface area contributed by atoms with Gasteiger partial charge in [-0.15, -0.1) is 20.4 Å². The molecule has 0 saturated heterocycles. The van der Waals surface area contributed by atoms with E-state index in [1.54, 1.807) is 0 Å². The number of ether oxygens (including phenoxy) is 4. The van der Waals surface area contributed by atoms with Crippen molar-refractivity contribution < 1.29 is 172 Å². The zero-order chi connectivity index (χ0) is 151. The first kappa shape index (κ1) is 57.3. The minimum absolute atomic E-state index is 0.0148. The van der Waals surface area contributed by atoms with Gasteiger partial charge >= 0.3 is 0 Å². The van der Waals surface area contributed by atoms with Crippen LogP contribution < -0.4 is 21.3 Å². The first-order chi connectivity index (χ1) is 89.1. The molecule has 8 aliphatic rings. The average Bonchev–Trinajstić information content (AvgIpc) is 1.47. The van der Waals surface area contributed by atoms with Crippen LogP contribution in [0.4, 0.5) is 40.8 Å². The normalized spacial score (nSPS) is 47.0. The van der Waals surface area contributed by atoms with Gasteiger partial charge in [0.1, 0.15) is 71.9 Å². The lowest BCUT2D eigenvalue weighted by Crippen LogP contribution is -2.33. The van der Waals surface area contributed by atoms with Gasteiger partial charge in [-0.3, -0.25) is 0 Å². The number of hydrogen-bond acceptors (Lipinski definition) is 40. The van der Waals surface area contributed by atoms with Gasteiger partial charge in [-0.2, -0.15) is 0 Å². The fourth-order valence-corrected chi connectivity index (χ4v) is 15.6. The van der Waals surface area contributed by atoms with E-state index in [0.717, 1.165) is 31.2 Å². The number of aryl methyl sites for hydroxylation is 4. The first-order valence-electron chi connectivity index (χ1n) is 69.7. The highest BCUT2D eigenvalue weighted by molar-refractivity contribution is 7.99. The second kappa shape index (κ2) is 47.3.